The molecular formula is C46H67B2NO6. The minimum atomic E-state index is -0.482. The molecule has 0 atom stereocenters. The van der Waals surface area contributed by atoms with Gasteiger partial charge in [0.2, 0.25) is 0 Å². The first kappa shape index (κ1) is 41.7. The van der Waals surface area contributed by atoms with Gasteiger partial charge in [0.05, 0.1) is 52.3 Å². The molecule has 0 unspecified atom stereocenters. The molecule has 3 heterocycles. The molecule has 2 fully saturated rings. The van der Waals surface area contributed by atoms with Gasteiger partial charge in [0.25, 0.3) is 0 Å². The van der Waals surface area contributed by atoms with E-state index in [0.717, 1.165) is 62.8 Å². The predicted octanol–water partition coefficient (Wildman–Crippen LogP) is 10.9. The van der Waals surface area contributed by atoms with Gasteiger partial charge >= 0.3 is 14.2 Å². The lowest BCUT2D eigenvalue weighted by Crippen LogP contribution is -2.41. The average molecular weight is 752 g/mol. The minimum Gasteiger partial charge on any atom is -0.493 e. The number of ether oxygens (including phenoxy) is 2. The molecule has 0 spiro atoms. The number of hydrogen-bond donors (Lipinski definition) is 0. The van der Waals surface area contributed by atoms with Gasteiger partial charge in [0, 0.05) is 29.0 Å². The lowest BCUT2D eigenvalue weighted by Gasteiger charge is -2.32. The summed E-state index contributed by atoms with van der Waals surface area (Å²) in [5.74, 6) is 1.64. The first-order chi connectivity index (χ1) is 26.2. The van der Waals surface area contributed by atoms with Crippen LogP contribution in [0.4, 0.5) is 0 Å². The van der Waals surface area contributed by atoms with E-state index in [0.29, 0.717) is 13.2 Å². The van der Waals surface area contributed by atoms with Crippen molar-refractivity contribution in [2.45, 2.75) is 169 Å². The summed E-state index contributed by atoms with van der Waals surface area (Å²) in [6, 6.07) is 19.6. The standard InChI is InChI=1S/C46H67B2NO6/c1-11-13-15-17-19-21-27-50-37-31-36(32-38(33-37)51-28-22-20-18-16-14-12-2)49-41-29-34(47-52-43(3,4)44(5,6)53-47)23-25-39(41)40-26-24-35(30-42(40)49)48-54-45(7,8)46(9,10)55-48/h23-26,29-33H,11-22,27-28H2,1-10H3. The van der Waals surface area contributed by atoms with Crippen LogP contribution >= 0.6 is 0 Å². The van der Waals surface area contributed by atoms with E-state index < -0.39 is 36.6 Å². The Bertz CT molecular complexity index is 1740. The van der Waals surface area contributed by atoms with E-state index in [9.17, 15) is 0 Å². The van der Waals surface area contributed by atoms with Crippen molar-refractivity contribution in [2.24, 2.45) is 0 Å². The van der Waals surface area contributed by atoms with Crippen LogP contribution in [0.5, 0.6) is 11.5 Å². The Labute approximate surface area is 332 Å². The van der Waals surface area contributed by atoms with Crippen molar-refractivity contribution in [1.82, 2.24) is 4.57 Å². The average Bonchev–Trinajstić information content (AvgIpc) is 3.66. The number of fused-ring (bicyclic) bond motifs is 3. The number of aromatic nitrogens is 1. The Morgan fingerprint density at radius 3 is 1.22 bits per heavy atom. The highest BCUT2D eigenvalue weighted by Crippen LogP contribution is 2.40. The van der Waals surface area contributed by atoms with Crippen LogP contribution in [-0.4, -0.2) is 54.4 Å². The minimum absolute atomic E-state index is 0.443. The maximum absolute atomic E-state index is 6.55. The highest BCUT2D eigenvalue weighted by atomic mass is 16.7. The summed E-state index contributed by atoms with van der Waals surface area (Å²) >= 11 is 0. The van der Waals surface area contributed by atoms with Crippen molar-refractivity contribution < 1.29 is 28.1 Å². The molecule has 4 aromatic rings. The van der Waals surface area contributed by atoms with Crippen molar-refractivity contribution in [3.63, 3.8) is 0 Å². The normalized spacial score (nSPS) is 18.5. The topological polar surface area (TPSA) is 60.3 Å². The van der Waals surface area contributed by atoms with Crippen LogP contribution in [0.15, 0.2) is 54.6 Å². The number of nitrogens with zero attached hydrogens (tertiary/aromatic N) is 1. The molecule has 0 N–H and O–H groups in total. The van der Waals surface area contributed by atoms with E-state index in [1.807, 2.05) is 0 Å². The molecule has 55 heavy (non-hydrogen) atoms. The summed E-state index contributed by atoms with van der Waals surface area (Å²) < 4.78 is 41.6. The van der Waals surface area contributed by atoms with Crippen molar-refractivity contribution in [2.75, 3.05) is 13.2 Å². The number of unbranched alkanes of at least 4 members (excludes halogenated alkanes) is 10. The summed E-state index contributed by atoms with van der Waals surface area (Å²) in [5, 5.41) is 2.28. The van der Waals surface area contributed by atoms with Gasteiger partial charge in [-0.1, -0.05) is 102 Å². The fourth-order valence-electron chi connectivity index (χ4n) is 7.58. The molecule has 0 saturated carbocycles. The molecular weight excluding hydrogens is 684 g/mol. The number of rotatable bonds is 19. The third-order valence-electron chi connectivity index (χ3n) is 12.5. The van der Waals surface area contributed by atoms with Crippen LogP contribution in [0.1, 0.15) is 146 Å². The summed E-state index contributed by atoms with van der Waals surface area (Å²) in [7, 11) is -0.964. The van der Waals surface area contributed by atoms with Gasteiger partial charge in [-0.3, -0.25) is 0 Å². The van der Waals surface area contributed by atoms with E-state index in [1.165, 1.54) is 64.2 Å². The smallest absolute Gasteiger partial charge is 0.493 e. The molecule has 2 saturated heterocycles. The molecule has 1 aromatic heterocycles. The number of benzene rings is 3. The summed E-state index contributed by atoms with van der Waals surface area (Å²) in [6.07, 6.45) is 14.6. The summed E-state index contributed by atoms with van der Waals surface area (Å²) in [5.41, 5.74) is 3.29. The van der Waals surface area contributed by atoms with E-state index in [2.05, 4.69) is 128 Å². The molecule has 298 valence electrons. The van der Waals surface area contributed by atoms with Crippen LogP contribution in [-0.2, 0) is 18.6 Å². The van der Waals surface area contributed by atoms with Gasteiger partial charge in [-0.25, -0.2) is 0 Å². The third-order valence-corrected chi connectivity index (χ3v) is 12.5. The Morgan fingerprint density at radius 1 is 0.473 bits per heavy atom. The van der Waals surface area contributed by atoms with E-state index in [-0.39, 0.29) is 0 Å². The zero-order chi connectivity index (χ0) is 39.4. The van der Waals surface area contributed by atoms with E-state index >= 15 is 0 Å². The molecule has 9 heteroatoms. The Hall–Kier alpha value is -2.97. The maximum Gasteiger partial charge on any atom is 0.494 e. The Balaban J connectivity index is 1.41. The summed E-state index contributed by atoms with van der Waals surface area (Å²) in [4.78, 5) is 0. The van der Waals surface area contributed by atoms with Crippen LogP contribution in [0.2, 0.25) is 0 Å². The molecule has 7 nitrogen and oxygen atoms in total. The molecule has 0 amide bonds. The van der Waals surface area contributed by atoms with Crippen molar-refractivity contribution in [1.29, 1.82) is 0 Å². The van der Waals surface area contributed by atoms with Crippen molar-refractivity contribution in [3.8, 4) is 17.2 Å². The van der Waals surface area contributed by atoms with Gasteiger partial charge in [-0.2, -0.15) is 0 Å². The maximum atomic E-state index is 6.55. The third kappa shape index (κ3) is 9.27. The Kier molecular flexibility index (Phi) is 13.1. The highest BCUT2D eigenvalue weighted by molar-refractivity contribution is 6.63. The monoisotopic (exact) mass is 752 g/mol. The van der Waals surface area contributed by atoms with Crippen molar-refractivity contribution in [3.05, 3.63) is 54.6 Å². The van der Waals surface area contributed by atoms with Gasteiger partial charge < -0.3 is 32.7 Å². The lowest BCUT2D eigenvalue weighted by molar-refractivity contribution is 0.00578. The largest absolute Gasteiger partial charge is 0.494 e. The Morgan fingerprint density at radius 2 is 0.836 bits per heavy atom. The van der Waals surface area contributed by atoms with E-state index in [1.54, 1.807) is 0 Å². The summed E-state index contributed by atoms with van der Waals surface area (Å²) in [6.45, 7) is 22.7. The van der Waals surface area contributed by atoms with Crippen molar-refractivity contribution >= 4 is 47.0 Å². The van der Waals surface area contributed by atoms with Crippen LogP contribution in [0, 0.1) is 0 Å². The predicted molar refractivity (Wildman–Crippen MR) is 230 cm³/mol. The number of hydrogen-bond acceptors (Lipinski definition) is 6. The van der Waals surface area contributed by atoms with Gasteiger partial charge in [-0.15, -0.1) is 0 Å². The molecule has 0 radical (unpaired) electrons. The van der Waals surface area contributed by atoms with Gasteiger partial charge in [0.1, 0.15) is 11.5 Å². The second-order valence-corrected chi connectivity index (χ2v) is 18.0. The molecule has 6 rings (SSSR count). The molecule has 0 aliphatic carbocycles. The highest BCUT2D eigenvalue weighted by Gasteiger charge is 2.53. The first-order valence-electron chi connectivity index (χ1n) is 21.4. The zero-order valence-corrected chi connectivity index (χ0v) is 35.6. The second-order valence-electron chi connectivity index (χ2n) is 18.0. The first-order valence-corrected chi connectivity index (χ1v) is 21.4. The SMILES string of the molecule is CCCCCCCCOc1cc(OCCCCCCCC)cc(-n2c3cc(B4OC(C)(C)C(C)(C)O4)ccc3c3ccc(B4OC(C)(C)C(C)(C)O4)cc32)c1. The zero-order valence-electron chi connectivity index (χ0n) is 35.6. The van der Waals surface area contributed by atoms with E-state index in [4.69, 9.17) is 28.1 Å². The lowest BCUT2D eigenvalue weighted by atomic mass is 9.78. The quantitative estimate of drug-likeness (QED) is 0.0702. The molecule has 3 aromatic carbocycles. The van der Waals surface area contributed by atoms with Gasteiger partial charge in [-0.05, 0) is 91.3 Å². The fourth-order valence-corrected chi connectivity index (χ4v) is 7.58. The van der Waals surface area contributed by atoms with Gasteiger partial charge in [0.15, 0.2) is 0 Å². The second kappa shape index (κ2) is 17.3. The molecule has 2 aliphatic rings. The molecule has 0 bridgehead atoms. The van der Waals surface area contributed by atoms with Crippen LogP contribution < -0.4 is 20.4 Å². The van der Waals surface area contributed by atoms with Crippen LogP contribution in [0.25, 0.3) is 27.5 Å². The fraction of sp³-hybridized carbons (Fsp3) is 0.609. The van der Waals surface area contributed by atoms with Crippen LogP contribution in [0.3, 0.4) is 0 Å². The molecule has 2 aliphatic heterocycles.